The number of ether oxygens (including phenoxy) is 1. The lowest BCUT2D eigenvalue weighted by Gasteiger charge is -2.10. The molecule has 1 aromatic carbocycles. The SMILES string of the molecule is NNc1ccc(OC(F)(F)F)c(O)c1. The number of rotatable bonds is 2. The molecule has 4 N–H and O–H groups in total. The van der Waals surface area contributed by atoms with Crippen molar-refractivity contribution in [3.05, 3.63) is 18.2 Å². The van der Waals surface area contributed by atoms with Gasteiger partial charge in [0.1, 0.15) is 0 Å². The number of nitrogens with one attached hydrogen (secondary N) is 1. The summed E-state index contributed by atoms with van der Waals surface area (Å²) in [6.45, 7) is 0. The van der Waals surface area contributed by atoms with Crippen molar-refractivity contribution >= 4 is 5.69 Å². The number of hydrogen-bond donors (Lipinski definition) is 3. The predicted molar refractivity (Wildman–Crippen MR) is 42.6 cm³/mol. The number of nitrogens with two attached hydrogens (primary N) is 1. The molecular weight excluding hydrogens is 201 g/mol. The summed E-state index contributed by atoms with van der Waals surface area (Å²) in [6.07, 6.45) is -4.82. The summed E-state index contributed by atoms with van der Waals surface area (Å²) in [5, 5.41) is 9.07. The van der Waals surface area contributed by atoms with Crippen LogP contribution in [0.15, 0.2) is 18.2 Å². The Morgan fingerprint density at radius 1 is 1.36 bits per heavy atom. The van der Waals surface area contributed by atoms with Crippen LogP contribution in [0.25, 0.3) is 0 Å². The summed E-state index contributed by atoms with van der Waals surface area (Å²) in [5.41, 5.74) is 2.44. The lowest BCUT2D eigenvalue weighted by atomic mass is 10.3. The molecule has 1 aromatic rings. The number of halogens is 3. The Bertz CT molecular complexity index is 327. The largest absolute Gasteiger partial charge is 0.573 e. The molecule has 0 spiro atoms. The van der Waals surface area contributed by atoms with Gasteiger partial charge in [-0.3, -0.25) is 5.84 Å². The molecule has 0 saturated heterocycles. The van der Waals surface area contributed by atoms with E-state index in [0.29, 0.717) is 0 Å². The summed E-state index contributed by atoms with van der Waals surface area (Å²) in [7, 11) is 0. The second kappa shape index (κ2) is 3.62. The monoisotopic (exact) mass is 208 g/mol. The third-order valence-corrected chi connectivity index (χ3v) is 1.35. The fraction of sp³-hybridized carbons (Fsp3) is 0.143. The lowest BCUT2D eigenvalue weighted by molar-refractivity contribution is -0.275. The molecule has 4 nitrogen and oxygen atoms in total. The maximum absolute atomic E-state index is 11.7. The number of anilines is 1. The number of phenolic OH excluding ortho intramolecular Hbond substituents is 1. The molecule has 0 aromatic heterocycles. The number of nitrogen functional groups attached to an aromatic ring is 1. The van der Waals surface area contributed by atoms with Crippen molar-refractivity contribution in [2.24, 2.45) is 5.84 Å². The van der Waals surface area contributed by atoms with Gasteiger partial charge in [0.15, 0.2) is 11.5 Å². The van der Waals surface area contributed by atoms with Crippen molar-refractivity contribution in [1.82, 2.24) is 0 Å². The van der Waals surface area contributed by atoms with Crippen molar-refractivity contribution in [2.75, 3.05) is 5.43 Å². The number of hydrogen-bond acceptors (Lipinski definition) is 4. The Kier molecular flexibility index (Phi) is 2.70. The molecule has 0 aliphatic rings. The minimum absolute atomic E-state index is 0.275. The smallest absolute Gasteiger partial charge is 0.504 e. The predicted octanol–water partition coefficient (Wildman–Crippen LogP) is 1.58. The fourth-order valence-electron chi connectivity index (χ4n) is 0.818. The van der Waals surface area contributed by atoms with Gasteiger partial charge < -0.3 is 15.3 Å². The Labute approximate surface area is 77.1 Å². The molecule has 0 radical (unpaired) electrons. The van der Waals surface area contributed by atoms with Gasteiger partial charge >= 0.3 is 6.36 Å². The van der Waals surface area contributed by atoms with Crippen molar-refractivity contribution in [2.45, 2.75) is 6.36 Å². The average Bonchev–Trinajstić information content (AvgIpc) is 2.06. The first kappa shape index (κ1) is 10.5. The van der Waals surface area contributed by atoms with Gasteiger partial charge in [0.25, 0.3) is 0 Å². The zero-order chi connectivity index (χ0) is 10.8. The normalized spacial score (nSPS) is 11.1. The van der Waals surface area contributed by atoms with Gasteiger partial charge in [-0.05, 0) is 12.1 Å². The van der Waals surface area contributed by atoms with Gasteiger partial charge in [-0.1, -0.05) is 0 Å². The number of benzene rings is 1. The molecular formula is C7H7F3N2O2. The maximum Gasteiger partial charge on any atom is 0.573 e. The molecule has 78 valence electrons. The first-order valence-corrected chi connectivity index (χ1v) is 3.48. The van der Waals surface area contributed by atoms with Crippen LogP contribution in [-0.2, 0) is 0 Å². The number of alkyl halides is 3. The van der Waals surface area contributed by atoms with Crippen LogP contribution in [-0.4, -0.2) is 11.5 Å². The van der Waals surface area contributed by atoms with Crippen LogP contribution in [0, 0.1) is 0 Å². The van der Waals surface area contributed by atoms with Crippen LogP contribution in [0.5, 0.6) is 11.5 Å². The Morgan fingerprint density at radius 2 is 2.00 bits per heavy atom. The summed E-state index contributed by atoms with van der Waals surface area (Å²) < 4.78 is 38.7. The van der Waals surface area contributed by atoms with E-state index in [1.807, 2.05) is 0 Å². The molecule has 7 heteroatoms. The van der Waals surface area contributed by atoms with Crippen molar-refractivity contribution in [1.29, 1.82) is 0 Å². The average molecular weight is 208 g/mol. The molecule has 1 rings (SSSR count). The molecule has 0 unspecified atom stereocenters. The van der Waals surface area contributed by atoms with E-state index < -0.39 is 17.9 Å². The third kappa shape index (κ3) is 2.70. The van der Waals surface area contributed by atoms with Crippen LogP contribution in [0.2, 0.25) is 0 Å². The van der Waals surface area contributed by atoms with E-state index in [1.54, 1.807) is 0 Å². The highest BCUT2D eigenvalue weighted by atomic mass is 19.4. The Balaban J connectivity index is 2.89. The fourth-order valence-corrected chi connectivity index (χ4v) is 0.818. The van der Waals surface area contributed by atoms with E-state index in [0.717, 1.165) is 12.1 Å². The topological polar surface area (TPSA) is 67.5 Å². The van der Waals surface area contributed by atoms with E-state index in [9.17, 15) is 13.2 Å². The van der Waals surface area contributed by atoms with Crippen molar-refractivity contribution in [3.8, 4) is 11.5 Å². The number of phenols is 1. The van der Waals surface area contributed by atoms with Gasteiger partial charge in [-0.25, -0.2) is 0 Å². The van der Waals surface area contributed by atoms with Crippen molar-refractivity contribution in [3.63, 3.8) is 0 Å². The van der Waals surface area contributed by atoms with Crippen LogP contribution < -0.4 is 16.0 Å². The van der Waals surface area contributed by atoms with E-state index in [4.69, 9.17) is 10.9 Å². The highest BCUT2D eigenvalue weighted by molar-refractivity contribution is 5.53. The number of aromatic hydroxyl groups is 1. The zero-order valence-electron chi connectivity index (χ0n) is 6.80. The van der Waals surface area contributed by atoms with Crippen LogP contribution in [0.4, 0.5) is 18.9 Å². The molecule has 0 saturated carbocycles. The standard InChI is InChI=1S/C7H7F3N2O2/c8-7(9,10)14-6-2-1-4(12-11)3-5(6)13/h1-3,12-13H,11H2. The van der Waals surface area contributed by atoms with Gasteiger partial charge in [0.05, 0.1) is 5.69 Å². The first-order chi connectivity index (χ1) is 6.42. The van der Waals surface area contributed by atoms with Crippen LogP contribution in [0.1, 0.15) is 0 Å². The van der Waals surface area contributed by atoms with Gasteiger partial charge in [0.2, 0.25) is 0 Å². The minimum Gasteiger partial charge on any atom is -0.504 e. The minimum atomic E-state index is -4.82. The van der Waals surface area contributed by atoms with Crippen LogP contribution in [0.3, 0.4) is 0 Å². The molecule has 14 heavy (non-hydrogen) atoms. The Hall–Kier alpha value is -1.63. The maximum atomic E-state index is 11.7. The highest BCUT2D eigenvalue weighted by Gasteiger charge is 2.32. The molecule has 0 atom stereocenters. The van der Waals surface area contributed by atoms with Crippen molar-refractivity contribution < 1.29 is 23.0 Å². The molecule has 0 amide bonds. The van der Waals surface area contributed by atoms with E-state index in [2.05, 4.69) is 10.2 Å². The lowest BCUT2D eigenvalue weighted by Crippen LogP contribution is -2.17. The third-order valence-electron chi connectivity index (χ3n) is 1.35. The van der Waals surface area contributed by atoms with Gasteiger partial charge in [-0.2, -0.15) is 0 Å². The molecule has 0 fully saturated rings. The quantitative estimate of drug-likeness (QED) is 0.509. The van der Waals surface area contributed by atoms with E-state index >= 15 is 0 Å². The summed E-state index contributed by atoms with van der Waals surface area (Å²) in [6, 6.07) is 3.21. The second-order valence-corrected chi connectivity index (χ2v) is 2.37. The van der Waals surface area contributed by atoms with Crippen LogP contribution >= 0.6 is 0 Å². The highest BCUT2D eigenvalue weighted by Crippen LogP contribution is 2.32. The molecule has 0 heterocycles. The number of hydrazine groups is 1. The van der Waals surface area contributed by atoms with E-state index in [-0.39, 0.29) is 5.69 Å². The molecule has 0 aliphatic carbocycles. The zero-order valence-corrected chi connectivity index (χ0v) is 6.80. The van der Waals surface area contributed by atoms with Gasteiger partial charge in [-0.15, -0.1) is 13.2 Å². The second-order valence-electron chi connectivity index (χ2n) is 2.37. The first-order valence-electron chi connectivity index (χ1n) is 3.48. The molecule has 0 aliphatic heterocycles. The Morgan fingerprint density at radius 3 is 2.43 bits per heavy atom. The van der Waals surface area contributed by atoms with Gasteiger partial charge in [0, 0.05) is 6.07 Å². The summed E-state index contributed by atoms with van der Waals surface area (Å²) in [4.78, 5) is 0. The van der Waals surface area contributed by atoms with E-state index in [1.165, 1.54) is 6.07 Å². The summed E-state index contributed by atoms with van der Waals surface area (Å²) >= 11 is 0. The molecule has 0 bridgehead atoms. The summed E-state index contributed by atoms with van der Waals surface area (Å²) in [5.74, 6) is 3.66.